The number of carbonyl (C=O) groups is 1. The zero-order valence-corrected chi connectivity index (χ0v) is 12.2. The zero-order chi connectivity index (χ0) is 14.5. The highest BCUT2D eigenvalue weighted by Crippen LogP contribution is 2.27. The molecule has 1 aromatic rings. The van der Waals surface area contributed by atoms with Gasteiger partial charge in [-0.2, -0.15) is 0 Å². The van der Waals surface area contributed by atoms with Crippen LogP contribution in [-0.2, 0) is 4.79 Å². The molecule has 1 saturated heterocycles. The van der Waals surface area contributed by atoms with Gasteiger partial charge in [0.2, 0.25) is 5.91 Å². The predicted molar refractivity (Wildman–Crippen MR) is 80.0 cm³/mol. The van der Waals surface area contributed by atoms with E-state index in [1.54, 1.807) is 6.07 Å². The summed E-state index contributed by atoms with van der Waals surface area (Å²) < 4.78 is 0. The highest BCUT2D eigenvalue weighted by Gasteiger charge is 2.25. The Hall–Kier alpha value is -1.75. The number of anilines is 1. The monoisotopic (exact) mass is 277 g/mol. The molecule has 110 valence electrons. The second-order valence-corrected chi connectivity index (χ2v) is 5.26. The van der Waals surface area contributed by atoms with E-state index in [9.17, 15) is 9.90 Å². The summed E-state index contributed by atoms with van der Waals surface area (Å²) >= 11 is 0. The van der Waals surface area contributed by atoms with Crippen molar-refractivity contribution in [3.8, 4) is 5.75 Å². The van der Waals surface area contributed by atoms with E-state index in [4.69, 9.17) is 0 Å². The van der Waals surface area contributed by atoms with Crippen LogP contribution in [0.25, 0.3) is 0 Å². The van der Waals surface area contributed by atoms with Crippen molar-refractivity contribution < 1.29 is 9.90 Å². The van der Waals surface area contributed by atoms with Gasteiger partial charge in [-0.1, -0.05) is 19.1 Å². The number of aromatic hydroxyl groups is 1. The number of nitrogens with zero attached hydrogens (tertiary/aromatic N) is 2. The number of para-hydroxylation sites is 2. The second kappa shape index (κ2) is 6.61. The highest BCUT2D eigenvalue weighted by atomic mass is 16.3. The fraction of sp³-hybridized carbons (Fsp3) is 0.533. The van der Waals surface area contributed by atoms with Gasteiger partial charge < -0.3 is 20.2 Å². The Morgan fingerprint density at radius 2 is 1.95 bits per heavy atom. The summed E-state index contributed by atoms with van der Waals surface area (Å²) in [6, 6.07) is 7.35. The van der Waals surface area contributed by atoms with Gasteiger partial charge in [-0.25, -0.2) is 0 Å². The normalized spacial score (nSPS) is 17.1. The number of amides is 1. The number of carbonyl (C=O) groups excluding carboxylic acids is 1. The molecule has 5 nitrogen and oxygen atoms in total. The maximum absolute atomic E-state index is 12.2. The van der Waals surface area contributed by atoms with E-state index in [-0.39, 0.29) is 11.8 Å². The van der Waals surface area contributed by atoms with Crippen LogP contribution < -0.4 is 10.2 Å². The first-order chi connectivity index (χ1) is 9.63. The molecule has 1 aliphatic heterocycles. The molecule has 20 heavy (non-hydrogen) atoms. The van der Waals surface area contributed by atoms with Gasteiger partial charge in [-0.15, -0.1) is 0 Å². The van der Waals surface area contributed by atoms with E-state index in [2.05, 4.69) is 10.2 Å². The van der Waals surface area contributed by atoms with Crippen molar-refractivity contribution >= 4 is 11.6 Å². The first-order valence-corrected chi connectivity index (χ1v) is 7.10. The Morgan fingerprint density at radius 1 is 1.30 bits per heavy atom. The quantitative estimate of drug-likeness (QED) is 0.858. The molecule has 0 spiro atoms. The molecule has 0 radical (unpaired) electrons. The van der Waals surface area contributed by atoms with Crippen molar-refractivity contribution in [2.45, 2.75) is 6.92 Å². The maximum atomic E-state index is 12.2. The van der Waals surface area contributed by atoms with Gasteiger partial charge >= 0.3 is 0 Å². The van der Waals surface area contributed by atoms with Crippen LogP contribution in [0.15, 0.2) is 24.3 Å². The van der Waals surface area contributed by atoms with Crippen molar-refractivity contribution in [3.05, 3.63) is 24.3 Å². The molecule has 1 amide bonds. The van der Waals surface area contributed by atoms with Crippen LogP contribution in [0.5, 0.6) is 5.75 Å². The van der Waals surface area contributed by atoms with Crippen molar-refractivity contribution in [3.63, 3.8) is 0 Å². The smallest absolute Gasteiger partial charge is 0.226 e. The average molecular weight is 277 g/mol. The molecule has 0 saturated carbocycles. The third kappa shape index (κ3) is 3.22. The summed E-state index contributed by atoms with van der Waals surface area (Å²) in [6.07, 6.45) is 0. The molecular formula is C15H23N3O2. The molecule has 0 bridgehead atoms. The van der Waals surface area contributed by atoms with E-state index in [0.717, 1.165) is 18.8 Å². The summed E-state index contributed by atoms with van der Waals surface area (Å²) in [7, 11) is 1.86. The van der Waals surface area contributed by atoms with Crippen LogP contribution in [0.3, 0.4) is 0 Å². The lowest BCUT2D eigenvalue weighted by Gasteiger charge is -2.37. The first kappa shape index (κ1) is 14.7. The van der Waals surface area contributed by atoms with Crippen molar-refractivity contribution in [1.29, 1.82) is 0 Å². The van der Waals surface area contributed by atoms with Crippen LogP contribution in [0.2, 0.25) is 0 Å². The van der Waals surface area contributed by atoms with Crippen LogP contribution in [0.1, 0.15) is 6.92 Å². The fourth-order valence-electron chi connectivity index (χ4n) is 2.60. The summed E-state index contributed by atoms with van der Waals surface area (Å²) in [5, 5.41) is 12.9. The van der Waals surface area contributed by atoms with E-state index in [0.29, 0.717) is 25.4 Å². The Bertz CT molecular complexity index is 456. The lowest BCUT2D eigenvalue weighted by atomic mass is 10.1. The second-order valence-electron chi connectivity index (χ2n) is 5.26. The summed E-state index contributed by atoms with van der Waals surface area (Å²) in [5.41, 5.74) is 0.850. The number of nitrogens with one attached hydrogen (secondary N) is 1. The molecule has 1 aliphatic rings. The molecular weight excluding hydrogens is 254 g/mol. The third-order valence-electron chi connectivity index (χ3n) is 3.75. The van der Waals surface area contributed by atoms with Gasteiger partial charge in [0, 0.05) is 38.6 Å². The SMILES string of the molecule is CNCC(C)C(=O)N1CCN(c2ccccc2O)CC1. The fourth-order valence-corrected chi connectivity index (χ4v) is 2.60. The minimum atomic E-state index is 0.0108. The molecule has 2 rings (SSSR count). The van der Waals surface area contributed by atoms with E-state index >= 15 is 0 Å². The number of phenolic OH excluding ortho intramolecular Hbond substituents is 1. The minimum absolute atomic E-state index is 0.0108. The average Bonchev–Trinajstić information content (AvgIpc) is 2.47. The summed E-state index contributed by atoms with van der Waals surface area (Å²) in [4.78, 5) is 16.3. The minimum Gasteiger partial charge on any atom is -0.506 e. The van der Waals surface area contributed by atoms with E-state index in [1.807, 2.05) is 37.1 Å². The van der Waals surface area contributed by atoms with Gasteiger partial charge in [0.25, 0.3) is 0 Å². The van der Waals surface area contributed by atoms with E-state index in [1.165, 1.54) is 0 Å². The number of piperazine rings is 1. The number of rotatable bonds is 4. The molecule has 1 heterocycles. The van der Waals surface area contributed by atoms with Gasteiger partial charge in [-0.05, 0) is 19.2 Å². The molecule has 1 fully saturated rings. The van der Waals surface area contributed by atoms with Crippen LogP contribution in [-0.4, -0.2) is 55.7 Å². The Labute approximate surface area is 120 Å². The Kier molecular flexibility index (Phi) is 4.84. The maximum Gasteiger partial charge on any atom is 0.226 e. The van der Waals surface area contributed by atoms with Crippen molar-refractivity contribution in [2.75, 3.05) is 44.7 Å². The molecule has 2 N–H and O–H groups in total. The molecule has 0 aliphatic carbocycles. The zero-order valence-electron chi connectivity index (χ0n) is 12.2. The largest absolute Gasteiger partial charge is 0.506 e. The Morgan fingerprint density at radius 3 is 2.55 bits per heavy atom. The van der Waals surface area contributed by atoms with Crippen molar-refractivity contribution in [2.24, 2.45) is 5.92 Å². The Balaban J connectivity index is 1.93. The molecule has 1 aromatic carbocycles. The molecule has 1 unspecified atom stereocenters. The van der Waals surface area contributed by atoms with Crippen LogP contribution in [0, 0.1) is 5.92 Å². The lowest BCUT2D eigenvalue weighted by molar-refractivity contribution is -0.135. The topological polar surface area (TPSA) is 55.8 Å². The third-order valence-corrected chi connectivity index (χ3v) is 3.75. The van der Waals surface area contributed by atoms with Gasteiger partial charge in [0.15, 0.2) is 0 Å². The predicted octanol–water partition coefficient (Wildman–Crippen LogP) is 0.896. The number of hydrogen-bond donors (Lipinski definition) is 2. The van der Waals surface area contributed by atoms with Gasteiger partial charge in [0.1, 0.15) is 5.75 Å². The van der Waals surface area contributed by atoms with Crippen LogP contribution >= 0.6 is 0 Å². The highest BCUT2D eigenvalue weighted by molar-refractivity contribution is 5.79. The van der Waals surface area contributed by atoms with Gasteiger partial charge in [-0.3, -0.25) is 4.79 Å². The first-order valence-electron chi connectivity index (χ1n) is 7.10. The molecule has 0 aromatic heterocycles. The van der Waals surface area contributed by atoms with Crippen molar-refractivity contribution in [1.82, 2.24) is 10.2 Å². The summed E-state index contributed by atoms with van der Waals surface area (Å²) in [5.74, 6) is 0.517. The number of hydrogen-bond acceptors (Lipinski definition) is 4. The molecule has 5 heteroatoms. The standard InChI is InChI=1S/C15H23N3O2/c1-12(11-16-2)15(20)18-9-7-17(8-10-18)13-5-3-4-6-14(13)19/h3-6,12,16,19H,7-11H2,1-2H3. The lowest BCUT2D eigenvalue weighted by Crippen LogP contribution is -2.51. The number of benzene rings is 1. The number of phenols is 1. The molecule has 1 atom stereocenters. The van der Waals surface area contributed by atoms with Crippen LogP contribution in [0.4, 0.5) is 5.69 Å². The summed E-state index contributed by atoms with van der Waals surface area (Å²) in [6.45, 7) is 5.60. The van der Waals surface area contributed by atoms with Gasteiger partial charge in [0.05, 0.1) is 5.69 Å². The van der Waals surface area contributed by atoms with E-state index < -0.39 is 0 Å².